The van der Waals surface area contributed by atoms with E-state index < -0.39 is 26.5 Å². The van der Waals surface area contributed by atoms with E-state index in [-0.39, 0.29) is 17.8 Å². The van der Waals surface area contributed by atoms with Crippen molar-refractivity contribution in [3.63, 3.8) is 0 Å². The van der Waals surface area contributed by atoms with E-state index in [1.54, 1.807) is 0 Å². The summed E-state index contributed by atoms with van der Waals surface area (Å²) in [6.07, 6.45) is 14.1. The molecule has 0 spiro atoms. The summed E-state index contributed by atoms with van der Waals surface area (Å²) in [6, 6.07) is 0. The molecule has 0 heterocycles. The molecule has 0 aromatic carbocycles. The van der Waals surface area contributed by atoms with Gasteiger partial charge in [0.05, 0.1) is 17.8 Å². The first-order valence-corrected chi connectivity index (χ1v) is 12.2. The lowest BCUT2D eigenvalue weighted by molar-refractivity contribution is -0.148. The number of rotatable bonds is 6. The lowest BCUT2D eigenvalue weighted by Crippen LogP contribution is -2.25. The zero-order valence-electron chi connectivity index (χ0n) is 16.7. The van der Waals surface area contributed by atoms with Crippen LogP contribution in [-0.4, -0.2) is 17.9 Å². The lowest BCUT2D eigenvalue weighted by atomic mass is 9.89. The molecule has 3 fully saturated rings. The Morgan fingerprint density at radius 3 is 0.964 bits per heavy atom. The van der Waals surface area contributed by atoms with Gasteiger partial charge in [0.2, 0.25) is 0 Å². The van der Waals surface area contributed by atoms with E-state index in [1.807, 2.05) is 0 Å². The van der Waals surface area contributed by atoms with Crippen LogP contribution in [0.2, 0.25) is 0 Å². The second kappa shape index (κ2) is 11.1. The molecule has 0 N–H and O–H groups in total. The third-order valence-corrected chi connectivity index (χ3v) is 7.30. The van der Waals surface area contributed by atoms with Crippen molar-refractivity contribution in [2.24, 2.45) is 17.8 Å². The fraction of sp³-hybridized carbons (Fsp3) is 0.857. The second-order valence-electron chi connectivity index (χ2n) is 8.46. The molecular formula is C21H33O6P. The van der Waals surface area contributed by atoms with Gasteiger partial charge in [0.25, 0.3) is 0 Å². The van der Waals surface area contributed by atoms with E-state index in [0.717, 1.165) is 96.3 Å². The molecule has 0 amide bonds. The van der Waals surface area contributed by atoms with E-state index in [2.05, 4.69) is 0 Å². The smallest absolute Gasteiger partial charge is 0.375 e. The predicted octanol–water partition coefficient (Wildman–Crippen LogP) is 5.58. The maximum Gasteiger partial charge on any atom is 0.537 e. The van der Waals surface area contributed by atoms with Crippen molar-refractivity contribution in [2.75, 3.05) is 0 Å². The fourth-order valence-corrected chi connectivity index (χ4v) is 5.51. The maximum absolute atomic E-state index is 12.5. The summed E-state index contributed by atoms with van der Waals surface area (Å²) in [6.45, 7) is 0. The van der Waals surface area contributed by atoms with Crippen LogP contribution < -0.4 is 0 Å². The molecule has 0 radical (unpaired) electrons. The van der Waals surface area contributed by atoms with Gasteiger partial charge in [-0.2, -0.15) is 0 Å². The lowest BCUT2D eigenvalue weighted by Gasteiger charge is -2.25. The Hall–Kier alpha value is -1.16. The molecule has 6 nitrogen and oxygen atoms in total. The Kier molecular flexibility index (Phi) is 8.57. The Bertz CT molecular complexity index is 457. The minimum absolute atomic E-state index is 0.180. The average molecular weight is 412 g/mol. The first-order chi connectivity index (χ1) is 13.6. The van der Waals surface area contributed by atoms with Gasteiger partial charge in [0, 0.05) is 0 Å². The molecule has 0 unspecified atom stereocenters. The van der Waals surface area contributed by atoms with Crippen LogP contribution in [-0.2, 0) is 28.0 Å². The second-order valence-corrected chi connectivity index (χ2v) is 9.45. The highest BCUT2D eigenvalue weighted by Crippen LogP contribution is 2.45. The number of carbonyl (C=O) groups excluding carboxylic acids is 3. The van der Waals surface area contributed by atoms with Crippen LogP contribution >= 0.6 is 8.60 Å². The summed E-state index contributed by atoms with van der Waals surface area (Å²) < 4.78 is 16.4. The van der Waals surface area contributed by atoms with Crippen LogP contribution in [0.3, 0.4) is 0 Å². The van der Waals surface area contributed by atoms with Gasteiger partial charge in [0.15, 0.2) is 0 Å². The predicted molar refractivity (Wildman–Crippen MR) is 105 cm³/mol. The standard InChI is InChI=1S/C21H33O6P/c22-19(16-10-4-1-5-11-16)25-28(26-20(23)17-12-6-2-7-13-17)27-21(24)18-14-8-3-9-15-18/h16-18H,1-15H2. The van der Waals surface area contributed by atoms with Gasteiger partial charge >= 0.3 is 26.5 Å². The molecule has 0 aliphatic heterocycles. The van der Waals surface area contributed by atoms with Crippen LogP contribution in [0.15, 0.2) is 0 Å². The van der Waals surface area contributed by atoms with Crippen LogP contribution in [0.5, 0.6) is 0 Å². The van der Waals surface area contributed by atoms with E-state index in [4.69, 9.17) is 13.6 Å². The highest BCUT2D eigenvalue weighted by molar-refractivity contribution is 7.43. The molecule has 3 rings (SSSR count). The van der Waals surface area contributed by atoms with Crippen molar-refractivity contribution in [1.29, 1.82) is 0 Å². The quantitative estimate of drug-likeness (QED) is 0.530. The fourth-order valence-electron chi connectivity index (χ4n) is 4.51. The number of carbonyl (C=O) groups is 3. The molecule has 0 saturated heterocycles. The largest absolute Gasteiger partial charge is 0.537 e. The van der Waals surface area contributed by atoms with Gasteiger partial charge < -0.3 is 13.6 Å². The van der Waals surface area contributed by atoms with E-state index in [1.165, 1.54) is 0 Å². The Labute approximate surface area is 169 Å². The number of hydrogen-bond donors (Lipinski definition) is 0. The molecular weight excluding hydrogens is 379 g/mol. The van der Waals surface area contributed by atoms with E-state index >= 15 is 0 Å². The number of hydrogen-bond acceptors (Lipinski definition) is 6. The maximum atomic E-state index is 12.5. The summed E-state index contributed by atoms with van der Waals surface area (Å²) in [5.41, 5.74) is 0. The molecule has 0 atom stereocenters. The third kappa shape index (κ3) is 6.43. The minimum atomic E-state index is -2.30. The zero-order valence-corrected chi connectivity index (χ0v) is 17.6. The molecule has 0 bridgehead atoms. The Morgan fingerprint density at radius 2 is 0.714 bits per heavy atom. The summed E-state index contributed by atoms with van der Waals surface area (Å²) in [5, 5.41) is 0. The molecule has 158 valence electrons. The third-order valence-electron chi connectivity index (χ3n) is 6.31. The van der Waals surface area contributed by atoms with Gasteiger partial charge in [-0.3, -0.25) is 14.4 Å². The van der Waals surface area contributed by atoms with Crippen molar-refractivity contribution in [1.82, 2.24) is 0 Å². The van der Waals surface area contributed by atoms with Crippen LogP contribution in [0.4, 0.5) is 0 Å². The summed E-state index contributed by atoms with van der Waals surface area (Å²) in [7, 11) is -2.30. The summed E-state index contributed by atoms with van der Waals surface area (Å²) >= 11 is 0. The molecule has 3 aliphatic carbocycles. The molecule has 0 aromatic rings. The first kappa shape index (κ1) is 21.5. The van der Waals surface area contributed by atoms with Crippen molar-refractivity contribution in [2.45, 2.75) is 96.3 Å². The SMILES string of the molecule is O=C(OP(OC(=O)C1CCCCC1)OC(=O)C1CCCCC1)C1CCCCC1. The van der Waals surface area contributed by atoms with Gasteiger partial charge in [-0.05, 0) is 38.5 Å². The van der Waals surface area contributed by atoms with Gasteiger partial charge in [-0.1, -0.05) is 57.8 Å². The monoisotopic (exact) mass is 412 g/mol. The van der Waals surface area contributed by atoms with Gasteiger partial charge in [0.1, 0.15) is 0 Å². The first-order valence-electron chi connectivity index (χ1n) is 11.1. The zero-order chi connectivity index (χ0) is 19.8. The van der Waals surface area contributed by atoms with E-state index in [9.17, 15) is 14.4 Å². The van der Waals surface area contributed by atoms with Crippen LogP contribution in [0, 0.1) is 17.8 Å². The molecule has 7 heteroatoms. The summed E-state index contributed by atoms with van der Waals surface area (Å²) in [5.74, 6) is -1.71. The van der Waals surface area contributed by atoms with Crippen molar-refractivity contribution < 1.29 is 28.0 Å². The molecule has 3 aliphatic rings. The van der Waals surface area contributed by atoms with Gasteiger partial charge in [-0.15, -0.1) is 0 Å². The molecule has 28 heavy (non-hydrogen) atoms. The molecule has 0 aromatic heterocycles. The molecule has 3 saturated carbocycles. The minimum Gasteiger partial charge on any atom is -0.375 e. The normalized spacial score (nSPS) is 22.6. The van der Waals surface area contributed by atoms with Crippen LogP contribution in [0.1, 0.15) is 96.3 Å². The Morgan fingerprint density at radius 1 is 0.464 bits per heavy atom. The highest BCUT2D eigenvalue weighted by atomic mass is 31.2. The highest BCUT2D eigenvalue weighted by Gasteiger charge is 2.36. The average Bonchev–Trinajstić information content (AvgIpc) is 2.75. The summed E-state index contributed by atoms with van der Waals surface area (Å²) in [4.78, 5) is 37.6. The van der Waals surface area contributed by atoms with Crippen molar-refractivity contribution in [3.05, 3.63) is 0 Å². The topological polar surface area (TPSA) is 78.9 Å². The van der Waals surface area contributed by atoms with Crippen molar-refractivity contribution >= 4 is 26.5 Å². The van der Waals surface area contributed by atoms with E-state index in [0.29, 0.717) is 0 Å². The van der Waals surface area contributed by atoms with Gasteiger partial charge in [-0.25, -0.2) is 0 Å². The Balaban J connectivity index is 1.59. The van der Waals surface area contributed by atoms with Crippen LogP contribution in [0.25, 0.3) is 0 Å². The van der Waals surface area contributed by atoms with Crippen molar-refractivity contribution in [3.8, 4) is 0 Å².